The summed E-state index contributed by atoms with van der Waals surface area (Å²) in [5.74, 6) is -0.963. The number of hydrogen-bond donors (Lipinski definition) is 1. The van der Waals surface area contributed by atoms with E-state index in [4.69, 9.17) is 0 Å². The van der Waals surface area contributed by atoms with Gasteiger partial charge in [0.25, 0.3) is 17.2 Å². The van der Waals surface area contributed by atoms with E-state index < -0.39 is 22.2 Å². The van der Waals surface area contributed by atoms with E-state index in [1.165, 1.54) is 24.3 Å². The summed E-state index contributed by atoms with van der Waals surface area (Å²) in [7, 11) is 0. The van der Waals surface area contributed by atoms with Gasteiger partial charge in [0.05, 0.1) is 17.7 Å². The second-order valence-corrected chi connectivity index (χ2v) is 6.13. The lowest BCUT2D eigenvalue weighted by Crippen LogP contribution is -2.19. The van der Waals surface area contributed by atoms with Crippen LogP contribution < -0.4 is 10.9 Å². The van der Waals surface area contributed by atoms with Crippen LogP contribution >= 0.6 is 11.3 Å². The molecule has 0 aliphatic rings. The minimum Gasteiger partial charge on any atom is -0.320 e. The van der Waals surface area contributed by atoms with Crippen molar-refractivity contribution in [1.29, 1.82) is 0 Å². The van der Waals surface area contributed by atoms with Gasteiger partial charge in [0, 0.05) is 17.8 Å². The average Bonchev–Trinajstić information content (AvgIpc) is 3.07. The van der Waals surface area contributed by atoms with Gasteiger partial charge in [-0.3, -0.25) is 19.7 Å². The predicted molar refractivity (Wildman–Crippen MR) is 90.7 cm³/mol. The molecule has 26 heavy (non-hydrogen) atoms. The van der Waals surface area contributed by atoms with Crippen LogP contribution in [0.25, 0.3) is 0 Å². The number of carbonyl (C=O) groups is 1. The molecule has 132 valence electrons. The molecule has 1 aromatic carbocycles. The maximum Gasteiger partial charge on any atom is 0.286 e. The highest BCUT2D eigenvalue weighted by atomic mass is 32.1. The average molecular weight is 375 g/mol. The molecule has 11 heteroatoms. The zero-order valence-electron chi connectivity index (χ0n) is 13.0. The van der Waals surface area contributed by atoms with Crippen molar-refractivity contribution in [2.75, 3.05) is 5.32 Å². The van der Waals surface area contributed by atoms with Crippen molar-refractivity contribution in [3.8, 4) is 0 Å². The molecular weight excluding hydrogens is 365 g/mol. The topological polar surface area (TPSA) is 120 Å². The molecule has 0 saturated carbocycles. The number of rotatable bonds is 5. The van der Waals surface area contributed by atoms with Crippen LogP contribution in [0, 0.1) is 15.9 Å². The van der Waals surface area contributed by atoms with Gasteiger partial charge in [-0.1, -0.05) is 11.3 Å². The molecule has 0 radical (unpaired) electrons. The molecule has 0 fully saturated rings. The van der Waals surface area contributed by atoms with Gasteiger partial charge in [0.2, 0.25) is 5.01 Å². The molecule has 0 spiro atoms. The molecule has 1 N–H and O–H groups in total. The molecule has 0 aliphatic heterocycles. The third-order valence-electron chi connectivity index (χ3n) is 3.25. The maximum atomic E-state index is 12.9. The monoisotopic (exact) mass is 375 g/mol. The fourth-order valence-corrected chi connectivity index (χ4v) is 2.76. The molecule has 3 rings (SSSR count). The lowest BCUT2D eigenvalue weighted by atomic mass is 10.3. The van der Waals surface area contributed by atoms with Crippen molar-refractivity contribution in [2.24, 2.45) is 0 Å². The Morgan fingerprint density at radius 2 is 1.96 bits per heavy atom. The van der Waals surface area contributed by atoms with Crippen LogP contribution in [0.2, 0.25) is 0 Å². The normalized spacial score (nSPS) is 10.5. The number of pyridine rings is 1. The largest absolute Gasteiger partial charge is 0.320 e. The van der Waals surface area contributed by atoms with E-state index >= 15 is 0 Å². The summed E-state index contributed by atoms with van der Waals surface area (Å²) in [5.41, 5.74) is -0.283. The zero-order valence-corrected chi connectivity index (χ0v) is 13.8. The first-order valence-electron chi connectivity index (χ1n) is 7.16. The highest BCUT2D eigenvalue weighted by molar-refractivity contribution is 7.13. The Morgan fingerprint density at radius 3 is 2.65 bits per heavy atom. The van der Waals surface area contributed by atoms with Crippen molar-refractivity contribution < 1.29 is 14.1 Å². The van der Waals surface area contributed by atoms with E-state index in [0.29, 0.717) is 10.7 Å². The number of nitrogens with zero attached hydrogens (tertiary/aromatic N) is 4. The smallest absolute Gasteiger partial charge is 0.286 e. The first kappa shape index (κ1) is 17.4. The third kappa shape index (κ3) is 3.95. The van der Waals surface area contributed by atoms with Crippen molar-refractivity contribution in [2.45, 2.75) is 6.54 Å². The summed E-state index contributed by atoms with van der Waals surface area (Å²) in [6, 6.07) is 7.41. The van der Waals surface area contributed by atoms with E-state index in [0.717, 1.165) is 34.2 Å². The third-order valence-corrected chi connectivity index (χ3v) is 4.15. The summed E-state index contributed by atoms with van der Waals surface area (Å²) in [5, 5.41) is 21.3. The fraction of sp³-hybridized carbons (Fsp3) is 0.0667. The van der Waals surface area contributed by atoms with E-state index in [-0.39, 0.29) is 17.2 Å². The van der Waals surface area contributed by atoms with Crippen LogP contribution in [-0.2, 0) is 6.54 Å². The molecule has 2 heterocycles. The molecule has 2 aromatic heterocycles. The van der Waals surface area contributed by atoms with Crippen LogP contribution in [0.3, 0.4) is 0 Å². The minimum atomic E-state index is -0.613. The number of halogens is 1. The molecular formula is C15H10FN5O4S. The molecule has 0 aliphatic carbocycles. The van der Waals surface area contributed by atoms with Crippen LogP contribution in [0.5, 0.6) is 0 Å². The number of benzene rings is 1. The molecule has 9 nitrogen and oxygen atoms in total. The maximum absolute atomic E-state index is 12.9. The number of carbonyl (C=O) groups excluding carboxylic acids is 1. The molecule has 0 unspecified atom stereocenters. The van der Waals surface area contributed by atoms with Crippen molar-refractivity contribution in [3.05, 3.63) is 78.9 Å². The van der Waals surface area contributed by atoms with E-state index in [1.54, 1.807) is 0 Å². The Kier molecular flexibility index (Phi) is 4.80. The Bertz CT molecular complexity index is 1030. The van der Waals surface area contributed by atoms with Crippen molar-refractivity contribution in [1.82, 2.24) is 14.8 Å². The highest BCUT2D eigenvalue weighted by Gasteiger charge is 2.15. The van der Waals surface area contributed by atoms with Gasteiger partial charge in [-0.25, -0.2) is 4.39 Å². The molecule has 0 saturated heterocycles. The summed E-state index contributed by atoms with van der Waals surface area (Å²) < 4.78 is 14.0. The van der Waals surface area contributed by atoms with Gasteiger partial charge in [-0.2, -0.15) is 0 Å². The van der Waals surface area contributed by atoms with Gasteiger partial charge < -0.3 is 9.88 Å². The van der Waals surface area contributed by atoms with E-state index in [9.17, 15) is 24.1 Å². The lowest BCUT2D eigenvalue weighted by Gasteiger charge is -2.02. The van der Waals surface area contributed by atoms with E-state index in [2.05, 4.69) is 15.5 Å². The lowest BCUT2D eigenvalue weighted by molar-refractivity contribution is -0.385. The first-order chi connectivity index (χ1) is 12.4. The van der Waals surface area contributed by atoms with Gasteiger partial charge in [-0.05, 0) is 24.3 Å². The van der Waals surface area contributed by atoms with Crippen LogP contribution in [0.15, 0.2) is 47.4 Å². The summed E-state index contributed by atoms with van der Waals surface area (Å²) in [4.78, 5) is 34.1. The number of aromatic nitrogens is 3. The number of nitro groups is 1. The predicted octanol–water partition coefficient (Wildman–Crippen LogP) is 2.05. The quantitative estimate of drug-likeness (QED) is 0.538. The van der Waals surface area contributed by atoms with Crippen molar-refractivity contribution >= 4 is 28.6 Å². The Balaban J connectivity index is 1.74. The molecule has 1 amide bonds. The zero-order chi connectivity index (χ0) is 18.7. The molecule has 3 aromatic rings. The Hall–Kier alpha value is -3.47. The van der Waals surface area contributed by atoms with Gasteiger partial charge in [-0.15, -0.1) is 10.2 Å². The Labute approximate surface area is 148 Å². The summed E-state index contributed by atoms with van der Waals surface area (Å²) in [6.07, 6.45) is 1.10. The second-order valence-electron chi connectivity index (χ2n) is 5.07. The minimum absolute atomic E-state index is 0.0443. The number of amides is 1. The van der Waals surface area contributed by atoms with Crippen molar-refractivity contribution in [3.63, 3.8) is 0 Å². The SMILES string of the molecule is O=C(Nc1ccc(F)cc1)c1nnc(Cn2cc([N+](=O)[O-])ccc2=O)s1. The van der Waals surface area contributed by atoms with E-state index in [1.807, 2.05) is 0 Å². The van der Waals surface area contributed by atoms with Crippen LogP contribution in [0.1, 0.15) is 14.8 Å². The number of hydrogen-bond acceptors (Lipinski definition) is 7. The molecule has 0 bridgehead atoms. The summed E-state index contributed by atoms with van der Waals surface area (Å²) in [6.45, 7) is -0.0536. The van der Waals surface area contributed by atoms with Crippen LogP contribution in [0.4, 0.5) is 15.8 Å². The summed E-state index contributed by atoms with van der Waals surface area (Å²) >= 11 is 0.943. The van der Waals surface area contributed by atoms with Crippen LogP contribution in [-0.4, -0.2) is 25.6 Å². The number of nitrogens with one attached hydrogen (secondary N) is 1. The highest BCUT2D eigenvalue weighted by Crippen LogP contribution is 2.15. The van der Waals surface area contributed by atoms with Gasteiger partial charge in [0.15, 0.2) is 0 Å². The van der Waals surface area contributed by atoms with Gasteiger partial charge in [0.1, 0.15) is 10.8 Å². The first-order valence-corrected chi connectivity index (χ1v) is 7.98. The molecule has 0 atom stereocenters. The number of anilines is 1. The Morgan fingerprint density at radius 1 is 1.23 bits per heavy atom. The standard InChI is InChI=1S/C15H10FN5O4S/c16-9-1-3-10(4-2-9)17-14(23)15-19-18-12(26-15)8-20-7-11(21(24)25)5-6-13(20)22/h1-7H,8H2,(H,17,23). The fourth-order valence-electron chi connectivity index (χ4n) is 2.02. The second kappa shape index (κ2) is 7.19. The van der Waals surface area contributed by atoms with Gasteiger partial charge >= 0.3 is 0 Å².